The molecule has 1 N–H and O–H groups in total. The number of nitrogens with zero attached hydrogens (tertiary/aromatic N) is 3. The highest BCUT2D eigenvalue weighted by Crippen LogP contribution is 2.32. The van der Waals surface area contributed by atoms with Crippen molar-refractivity contribution in [2.45, 2.75) is 4.90 Å². The molecule has 0 spiro atoms. The molecule has 2 aromatic carbocycles. The van der Waals surface area contributed by atoms with Crippen LogP contribution in [0.15, 0.2) is 71.8 Å². The highest BCUT2D eigenvalue weighted by Gasteiger charge is 2.27. The van der Waals surface area contributed by atoms with E-state index in [1.807, 2.05) is 4.72 Å². The number of halogens is 4. The predicted molar refractivity (Wildman–Crippen MR) is 128 cm³/mol. The second-order valence-corrected chi connectivity index (χ2v) is 9.85. The van der Waals surface area contributed by atoms with Crippen LogP contribution in [-0.4, -0.2) is 29.1 Å². The summed E-state index contributed by atoms with van der Waals surface area (Å²) in [6.07, 6.45) is 1.52. The van der Waals surface area contributed by atoms with Gasteiger partial charge in [0.1, 0.15) is 10.6 Å². The van der Waals surface area contributed by atoms with Gasteiger partial charge in [-0.25, -0.2) is 17.8 Å². The van der Waals surface area contributed by atoms with E-state index in [1.54, 1.807) is 36.4 Å². The van der Waals surface area contributed by atoms with E-state index in [0.29, 0.717) is 27.1 Å². The maximum absolute atomic E-state index is 12.9. The fourth-order valence-electron chi connectivity index (χ4n) is 3.01. The number of carbonyl (C=O) groups is 1. The van der Waals surface area contributed by atoms with Crippen LogP contribution in [0.2, 0.25) is 20.1 Å². The van der Waals surface area contributed by atoms with Crippen molar-refractivity contribution in [3.05, 3.63) is 92.6 Å². The van der Waals surface area contributed by atoms with Crippen molar-refractivity contribution in [1.29, 1.82) is 0 Å². The molecular formula is C21H12Cl4N4O3S. The molecule has 0 saturated carbocycles. The van der Waals surface area contributed by atoms with E-state index in [-0.39, 0.29) is 15.7 Å². The summed E-state index contributed by atoms with van der Waals surface area (Å²) in [7, 11) is -4.40. The van der Waals surface area contributed by atoms with E-state index in [4.69, 9.17) is 46.4 Å². The van der Waals surface area contributed by atoms with E-state index in [2.05, 4.69) is 10.1 Å². The van der Waals surface area contributed by atoms with Crippen molar-refractivity contribution in [1.82, 2.24) is 19.5 Å². The molecule has 0 aliphatic carbocycles. The van der Waals surface area contributed by atoms with E-state index >= 15 is 0 Å². The molecule has 168 valence electrons. The third-order valence-electron chi connectivity index (χ3n) is 4.44. The Kier molecular flexibility index (Phi) is 6.65. The highest BCUT2D eigenvalue weighted by molar-refractivity contribution is 7.90. The Labute approximate surface area is 208 Å². The van der Waals surface area contributed by atoms with Crippen molar-refractivity contribution < 1.29 is 13.2 Å². The molecular weight excluding hydrogens is 530 g/mol. The van der Waals surface area contributed by atoms with E-state index in [0.717, 1.165) is 0 Å². The van der Waals surface area contributed by atoms with Crippen molar-refractivity contribution >= 4 is 62.3 Å². The number of para-hydroxylation sites is 1. The number of amides is 1. The minimum Gasteiger partial charge on any atom is -0.266 e. The Morgan fingerprint density at radius 1 is 0.848 bits per heavy atom. The average molecular weight is 542 g/mol. The lowest BCUT2D eigenvalue weighted by Crippen LogP contribution is -2.31. The fourth-order valence-corrected chi connectivity index (χ4v) is 5.55. The van der Waals surface area contributed by atoms with Crippen LogP contribution in [0.25, 0.3) is 17.1 Å². The van der Waals surface area contributed by atoms with Crippen LogP contribution >= 0.6 is 46.4 Å². The monoisotopic (exact) mass is 540 g/mol. The average Bonchev–Trinajstić information content (AvgIpc) is 3.19. The van der Waals surface area contributed by atoms with Gasteiger partial charge in [0, 0.05) is 6.20 Å². The summed E-state index contributed by atoms with van der Waals surface area (Å²) in [6.45, 7) is 0. The minimum atomic E-state index is -4.40. The van der Waals surface area contributed by atoms with Gasteiger partial charge in [-0.1, -0.05) is 64.6 Å². The summed E-state index contributed by atoms with van der Waals surface area (Å²) in [5, 5.41) is 4.65. The molecule has 0 atom stereocenters. The smallest absolute Gasteiger partial charge is 0.266 e. The largest absolute Gasteiger partial charge is 0.285 e. The zero-order valence-corrected chi connectivity index (χ0v) is 20.2. The third kappa shape index (κ3) is 4.71. The van der Waals surface area contributed by atoms with Gasteiger partial charge in [-0.15, -0.1) is 0 Å². The standard InChI is InChI=1S/C21H12Cl4N4O3S/c22-12-5-1-2-9-17(12)29-18(19-13(23)8-4-10-26-19)11-16(27-29)21(30)28-33(31,32)20-14(24)6-3-7-15(20)25/h1-11H,(H,28,30). The van der Waals surface area contributed by atoms with Crippen LogP contribution in [-0.2, 0) is 10.0 Å². The lowest BCUT2D eigenvalue weighted by molar-refractivity contribution is 0.0976. The molecule has 12 heteroatoms. The van der Waals surface area contributed by atoms with E-state index in [1.165, 1.54) is 35.1 Å². The highest BCUT2D eigenvalue weighted by atomic mass is 35.5. The van der Waals surface area contributed by atoms with Crippen LogP contribution in [0.3, 0.4) is 0 Å². The summed E-state index contributed by atoms with van der Waals surface area (Å²) in [6, 6.07) is 15.6. The zero-order chi connectivity index (χ0) is 23.8. The normalized spacial score (nSPS) is 11.4. The number of carbonyl (C=O) groups excluding carboxylic acids is 1. The number of benzene rings is 2. The molecule has 0 unspecified atom stereocenters. The lowest BCUT2D eigenvalue weighted by Gasteiger charge is -2.09. The second kappa shape index (κ2) is 9.32. The first-order valence-electron chi connectivity index (χ1n) is 9.16. The zero-order valence-electron chi connectivity index (χ0n) is 16.3. The summed E-state index contributed by atoms with van der Waals surface area (Å²) in [5.41, 5.74) is 0.861. The van der Waals surface area contributed by atoms with Gasteiger partial charge >= 0.3 is 0 Å². The molecule has 0 aliphatic rings. The molecule has 0 aliphatic heterocycles. The number of hydrogen-bond donors (Lipinski definition) is 1. The minimum absolute atomic E-state index is 0.134. The molecule has 2 aromatic heterocycles. The summed E-state index contributed by atoms with van der Waals surface area (Å²) in [4.78, 5) is 16.8. The van der Waals surface area contributed by atoms with Gasteiger partial charge in [0.25, 0.3) is 15.9 Å². The SMILES string of the molecule is O=C(NS(=O)(=O)c1c(Cl)cccc1Cl)c1cc(-c2ncccc2Cl)n(-c2ccccc2Cl)n1. The van der Waals surface area contributed by atoms with Crippen LogP contribution in [0.1, 0.15) is 10.5 Å². The van der Waals surface area contributed by atoms with Gasteiger partial charge in [0.15, 0.2) is 5.69 Å². The Hall–Kier alpha value is -2.62. The quantitative estimate of drug-likeness (QED) is 0.351. The van der Waals surface area contributed by atoms with Crippen LogP contribution in [0.4, 0.5) is 0 Å². The Morgan fingerprint density at radius 3 is 2.15 bits per heavy atom. The fraction of sp³-hybridized carbons (Fsp3) is 0. The summed E-state index contributed by atoms with van der Waals surface area (Å²) < 4.78 is 28.9. The van der Waals surface area contributed by atoms with Crippen molar-refractivity contribution in [2.24, 2.45) is 0 Å². The Bertz CT molecular complexity index is 1410. The topological polar surface area (TPSA) is 94.0 Å². The van der Waals surface area contributed by atoms with Gasteiger partial charge in [-0.05, 0) is 42.5 Å². The Balaban J connectivity index is 1.81. The van der Waals surface area contributed by atoms with Gasteiger partial charge in [-0.3, -0.25) is 9.78 Å². The van der Waals surface area contributed by atoms with Crippen molar-refractivity contribution in [3.63, 3.8) is 0 Å². The maximum Gasteiger partial charge on any atom is 0.285 e. The number of rotatable bonds is 5. The molecule has 0 bridgehead atoms. The summed E-state index contributed by atoms with van der Waals surface area (Å²) in [5.74, 6) is -1.01. The number of aromatic nitrogens is 3. The molecule has 33 heavy (non-hydrogen) atoms. The molecule has 0 radical (unpaired) electrons. The molecule has 2 heterocycles. The van der Waals surface area contributed by atoms with Crippen molar-refractivity contribution in [3.8, 4) is 17.1 Å². The van der Waals surface area contributed by atoms with Gasteiger partial charge < -0.3 is 0 Å². The molecule has 7 nitrogen and oxygen atoms in total. The third-order valence-corrected chi connectivity index (χ3v) is 7.35. The number of hydrogen-bond acceptors (Lipinski definition) is 5. The van der Waals surface area contributed by atoms with E-state index in [9.17, 15) is 13.2 Å². The van der Waals surface area contributed by atoms with Crippen LogP contribution in [0.5, 0.6) is 0 Å². The first kappa shape index (κ1) is 23.5. The number of sulfonamides is 1. The van der Waals surface area contributed by atoms with E-state index < -0.39 is 20.8 Å². The maximum atomic E-state index is 12.9. The number of pyridine rings is 1. The Morgan fingerprint density at radius 2 is 1.48 bits per heavy atom. The second-order valence-electron chi connectivity index (χ2n) is 6.60. The molecule has 0 fully saturated rings. The summed E-state index contributed by atoms with van der Waals surface area (Å²) >= 11 is 24.6. The molecule has 0 saturated heterocycles. The molecule has 1 amide bonds. The lowest BCUT2D eigenvalue weighted by atomic mass is 10.2. The predicted octanol–water partition coefficient (Wildman–Crippen LogP) is 5.67. The van der Waals surface area contributed by atoms with Gasteiger partial charge in [-0.2, -0.15) is 5.10 Å². The van der Waals surface area contributed by atoms with Gasteiger partial charge in [0.05, 0.1) is 31.5 Å². The first-order chi connectivity index (χ1) is 15.7. The first-order valence-corrected chi connectivity index (χ1v) is 12.2. The van der Waals surface area contributed by atoms with Gasteiger partial charge in [0.2, 0.25) is 0 Å². The van der Waals surface area contributed by atoms with Crippen LogP contribution < -0.4 is 4.72 Å². The number of nitrogens with one attached hydrogen (secondary N) is 1. The van der Waals surface area contributed by atoms with Crippen molar-refractivity contribution in [2.75, 3.05) is 0 Å². The molecule has 4 rings (SSSR count). The van der Waals surface area contributed by atoms with Crippen LogP contribution in [0, 0.1) is 0 Å². The molecule has 4 aromatic rings.